The van der Waals surface area contributed by atoms with Crippen LogP contribution in [0.2, 0.25) is 5.02 Å². The SMILES string of the molecule is CNC(=O)c1cc(NC(=O)CCCCO)ccc1Cl. The molecule has 0 aliphatic carbocycles. The van der Waals surface area contributed by atoms with Gasteiger partial charge in [-0.1, -0.05) is 11.6 Å². The fraction of sp³-hybridized carbons (Fsp3) is 0.385. The van der Waals surface area contributed by atoms with Crippen LogP contribution in [0.1, 0.15) is 29.6 Å². The van der Waals surface area contributed by atoms with E-state index in [2.05, 4.69) is 10.6 Å². The zero-order chi connectivity index (χ0) is 14.3. The van der Waals surface area contributed by atoms with E-state index in [1.54, 1.807) is 12.1 Å². The van der Waals surface area contributed by atoms with Crippen LogP contribution in [0.25, 0.3) is 0 Å². The highest BCUT2D eigenvalue weighted by molar-refractivity contribution is 6.34. The molecule has 104 valence electrons. The molecule has 1 aromatic carbocycles. The lowest BCUT2D eigenvalue weighted by atomic mass is 10.1. The van der Waals surface area contributed by atoms with E-state index in [1.165, 1.54) is 13.1 Å². The van der Waals surface area contributed by atoms with Crippen molar-refractivity contribution in [2.75, 3.05) is 19.0 Å². The van der Waals surface area contributed by atoms with E-state index >= 15 is 0 Å². The summed E-state index contributed by atoms with van der Waals surface area (Å²) in [5, 5.41) is 14.1. The summed E-state index contributed by atoms with van der Waals surface area (Å²) < 4.78 is 0. The van der Waals surface area contributed by atoms with Gasteiger partial charge >= 0.3 is 0 Å². The Bertz CT molecular complexity index is 463. The largest absolute Gasteiger partial charge is 0.396 e. The molecule has 0 aliphatic heterocycles. The zero-order valence-electron chi connectivity index (χ0n) is 10.7. The van der Waals surface area contributed by atoms with E-state index in [4.69, 9.17) is 16.7 Å². The Balaban J connectivity index is 2.69. The number of hydrogen-bond donors (Lipinski definition) is 3. The van der Waals surface area contributed by atoms with Crippen molar-refractivity contribution in [1.82, 2.24) is 5.32 Å². The van der Waals surface area contributed by atoms with E-state index < -0.39 is 0 Å². The summed E-state index contributed by atoms with van der Waals surface area (Å²) in [5.41, 5.74) is 0.842. The van der Waals surface area contributed by atoms with Crippen LogP contribution in [-0.4, -0.2) is 30.6 Å². The second-order valence-electron chi connectivity index (χ2n) is 4.00. The van der Waals surface area contributed by atoms with Gasteiger partial charge in [-0.15, -0.1) is 0 Å². The molecule has 1 aromatic rings. The van der Waals surface area contributed by atoms with Gasteiger partial charge in [-0.25, -0.2) is 0 Å². The van der Waals surface area contributed by atoms with Crippen LogP contribution in [0.5, 0.6) is 0 Å². The Morgan fingerprint density at radius 3 is 2.68 bits per heavy atom. The summed E-state index contributed by atoms with van der Waals surface area (Å²) in [7, 11) is 1.51. The van der Waals surface area contributed by atoms with Crippen molar-refractivity contribution < 1.29 is 14.7 Å². The molecule has 0 radical (unpaired) electrons. The molecule has 2 amide bonds. The van der Waals surface area contributed by atoms with E-state index in [9.17, 15) is 9.59 Å². The lowest BCUT2D eigenvalue weighted by molar-refractivity contribution is -0.116. The first-order valence-electron chi connectivity index (χ1n) is 6.01. The standard InChI is InChI=1S/C13H17ClN2O3/c1-15-13(19)10-8-9(5-6-11(10)14)16-12(18)4-2-3-7-17/h5-6,8,17H,2-4,7H2,1H3,(H,15,19)(H,16,18). The molecule has 0 aliphatic rings. The van der Waals surface area contributed by atoms with Gasteiger partial charge in [-0.3, -0.25) is 9.59 Å². The Morgan fingerprint density at radius 2 is 2.05 bits per heavy atom. The molecule has 0 saturated heterocycles. The number of hydrogen-bond acceptors (Lipinski definition) is 3. The number of unbranched alkanes of at least 4 members (excludes halogenated alkanes) is 1. The first-order valence-corrected chi connectivity index (χ1v) is 6.38. The monoisotopic (exact) mass is 284 g/mol. The molecular formula is C13H17ClN2O3. The van der Waals surface area contributed by atoms with Crippen molar-refractivity contribution in [1.29, 1.82) is 0 Å². The van der Waals surface area contributed by atoms with Crippen molar-refractivity contribution in [3.63, 3.8) is 0 Å². The number of amides is 2. The second kappa shape index (κ2) is 7.76. The molecule has 0 spiro atoms. The fourth-order valence-electron chi connectivity index (χ4n) is 1.53. The number of carbonyl (C=O) groups excluding carboxylic acids is 2. The van der Waals surface area contributed by atoms with Gasteiger partial charge in [0.2, 0.25) is 5.91 Å². The van der Waals surface area contributed by atoms with Crippen molar-refractivity contribution in [2.24, 2.45) is 0 Å². The van der Waals surface area contributed by atoms with Crippen LogP contribution in [0, 0.1) is 0 Å². The van der Waals surface area contributed by atoms with E-state index in [0.717, 1.165) is 0 Å². The summed E-state index contributed by atoms with van der Waals surface area (Å²) in [6.45, 7) is 0.0784. The molecule has 0 heterocycles. The molecule has 0 bridgehead atoms. The Morgan fingerprint density at radius 1 is 1.32 bits per heavy atom. The van der Waals surface area contributed by atoms with Gasteiger partial charge in [0.25, 0.3) is 5.91 Å². The number of carbonyl (C=O) groups is 2. The minimum atomic E-state index is -0.304. The molecule has 6 heteroatoms. The summed E-state index contributed by atoms with van der Waals surface area (Å²) in [6, 6.07) is 4.74. The summed E-state index contributed by atoms with van der Waals surface area (Å²) in [4.78, 5) is 23.1. The third-order valence-electron chi connectivity index (χ3n) is 2.53. The van der Waals surface area contributed by atoms with Crippen molar-refractivity contribution in [2.45, 2.75) is 19.3 Å². The van der Waals surface area contributed by atoms with Crippen LogP contribution in [0.4, 0.5) is 5.69 Å². The molecule has 0 unspecified atom stereocenters. The number of halogens is 1. The van der Waals surface area contributed by atoms with Gasteiger partial charge in [0.05, 0.1) is 10.6 Å². The van der Waals surface area contributed by atoms with E-state index in [1.807, 2.05) is 0 Å². The molecule has 1 rings (SSSR count). The highest BCUT2D eigenvalue weighted by Crippen LogP contribution is 2.20. The van der Waals surface area contributed by atoms with Crippen LogP contribution >= 0.6 is 11.6 Å². The minimum absolute atomic E-state index is 0.0784. The number of aliphatic hydroxyl groups excluding tert-OH is 1. The Kier molecular flexibility index (Phi) is 6.32. The predicted molar refractivity (Wildman–Crippen MR) is 74.4 cm³/mol. The highest BCUT2D eigenvalue weighted by Gasteiger charge is 2.10. The van der Waals surface area contributed by atoms with Gasteiger partial charge < -0.3 is 15.7 Å². The maximum absolute atomic E-state index is 11.6. The molecule has 0 saturated carbocycles. The normalized spacial score (nSPS) is 10.1. The number of rotatable bonds is 6. The van der Waals surface area contributed by atoms with Crippen LogP contribution < -0.4 is 10.6 Å². The van der Waals surface area contributed by atoms with Crippen LogP contribution in [0.3, 0.4) is 0 Å². The fourth-order valence-corrected chi connectivity index (χ4v) is 1.74. The van der Waals surface area contributed by atoms with Gasteiger partial charge in [0, 0.05) is 25.8 Å². The lowest BCUT2D eigenvalue weighted by Crippen LogP contribution is -2.19. The number of nitrogens with one attached hydrogen (secondary N) is 2. The van der Waals surface area contributed by atoms with Crippen molar-refractivity contribution in [3.05, 3.63) is 28.8 Å². The third kappa shape index (κ3) is 4.89. The van der Waals surface area contributed by atoms with E-state index in [0.29, 0.717) is 35.5 Å². The smallest absolute Gasteiger partial charge is 0.252 e. The maximum Gasteiger partial charge on any atom is 0.252 e. The lowest BCUT2D eigenvalue weighted by Gasteiger charge is -2.08. The molecule has 0 atom stereocenters. The van der Waals surface area contributed by atoms with Gasteiger partial charge in [0.15, 0.2) is 0 Å². The Hall–Kier alpha value is -1.59. The third-order valence-corrected chi connectivity index (χ3v) is 2.86. The summed E-state index contributed by atoms with van der Waals surface area (Å²) in [5.74, 6) is -0.458. The average Bonchev–Trinajstić information content (AvgIpc) is 2.40. The van der Waals surface area contributed by atoms with Crippen LogP contribution in [-0.2, 0) is 4.79 Å². The second-order valence-corrected chi connectivity index (χ2v) is 4.41. The van der Waals surface area contributed by atoms with Crippen molar-refractivity contribution in [3.8, 4) is 0 Å². The average molecular weight is 285 g/mol. The molecule has 0 fully saturated rings. The van der Waals surface area contributed by atoms with Crippen LogP contribution in [0.15, 0.2) is 18.2 Å². The van der Waals surface area contributed by atoms with Crippen molar-refractivity contribution >= 4 is 29.1 Å². The predicted octanol–water partition coefficient (Wildman–Crippen LogP) is 1.80. The number of anilines is 1. The first kappa shape index (κ1) is 15.5. The molecule has 0 aromatic heterocycles. The maximum atomic E-state index is 11.6. The minimum Gasteiger partial charge on any atom is -0.396 e. The Labute approximate surface area is 117 Å². The van der Waals surface area contributed by atoms with E-state index in [-0.39, 0.29) is 18.4 Å². The van der Waals surface area contributed by atoms with Gasteiger partial charge in [-0.05, 0) is 31.0 Å². The highest BCUT2D eigenvalue weighted by atomic mass is 35.5. The number of benzene rings is 1. The molecule has 5 nitrogen and oxygen atoms in total. The summed E-state index contributed by atoms with van der Waals surface area (Å²) >= 11 is 5.91. The topological polar surface area (TPSA) is 78.4 Å². The first-order chi connectivity index (χ1) is 9.08. The quantitative estimate of drug-likeness (QED) is 0.697. The molecule has 3 N–H and O–H groups in total. The zero-order valence-corrected chi connectivity index (χ0v) is 11.5. The van der Waals surface area contributed by atoms with Gasteiger partial charge in [0.1, 0.15) is 0 Å². The number of aliphatic hydroxyl groups is 1. The molecular weight excluding hydrogens is 268 g/mol. The molecule has 19 heavy (non-hydrogen) atoms. The summed E-state index contributed by atoms with van der Waals surface area (Å²) in [6.07, 6.45) is 1.55. The van der Waals surface area contributed by atoms with Gasteiger partial charge in [-0.2, -0.15) is 0 Å².